The first-order chi connectivity index (χ1) is 7.75. The van der Waals surface area contributed by atoms with Gasteiger partial charge in [-0.1, -0.05) is 30.3 Å². The van der Waals surface area contributed by atoms with E-state index in [0.29, 0.717) is 0 Å². The maximum absolute atomic E-state index is 11.7. The zero-order chi connectivity index (χ0) is 11.4. The molecule has 2 aromatic rings. The van der Waals surface area contributed by atoms with Gasteiger partial charge in [0.05, 0.1) is 7.05 Å². The van der Waals surface area contributed by atoms with E-state index >= 15 is 0 Å². The Kier molecular flexibility index (Phi) is 4.67. The summed E-state index contributed by atoms with van der Waals surface area (Å²) in [5.74, 6) is -0.0514. The number of carbonyl (C=O) groups is 1. The third-order valence-corrected chi connectivity index (χ3v) is 2.24. The molecule has 0 aliphatic rings. The van der Waals surface area contributed by atoms with Crippen LogP contribution in [0.15, 0.2) is 55.1 Å². The van der Waals surface area contributed by atoms with Gasteiger partial charge in [0.15, 0.2) is 0 Å². The van der Waals surface area contributed by atoms with Crippen LogP contribution >= 0.6 is 0 Å². The summed E-state index contributed by atoms with van der Waals surface area (Å²) in [6, 6.07) is 9.75. The van der Waals surface area contributed by atoms with E-state index < -0.39 is 0 Å². The Morgan fingerprint density at radius 2 is 2.00 bits per heavy atom. The molecule has 3 nitrogen and oxygen atoms in total. The number of aromatic nitrogens is 2. The van der Waals surface area contributed by atoms with Crippen LogP contribution in [0.25, 0.3) is 6.08 Å². The van der Waals surface area contributed by atoms with Crippen molar-refractivity contribution in [2.24, 2.45) is 7.05 Å². The lowest BCUT2D eigenvalue weighted by Crippen LogP contribution is -3.00. The lowest BCUT2D eigenvalue weighted by atomic mass is 10.2. The summed E-state index contributed by atoms with van der Waals surface area (Å²) >= 11 is 0. The van der Waals surface area contributed by atoms with Gasteiger partial charge in [0.1, 0.15) is 12.4 Å². The SMILES string of the molecule is Cn1cc[n+](C(=O)C=Cc2ccccc2)c1.[Cl-]. The van der Waals surface area contributed by atoms with E-state index in [2.05, 4.69) is 0 Å². The van der Waals surface area contributed by atoms with E-state index in [-0.39, 0.29) is 18.3 Å². The fourth-order valence-corrected chi connectivity index (χ4v) is 1.40. The minimum atomic E-state index is -0.0514. The van der Waals surface area contributed by atoms with Gasteiger partial charge in [-0.25, -0.2) is 9.36 Å². The van der Waals surface area contributed by atoms with E-state index in [1.54, 1.807) is 23.2 Å². The van der Waals surface area contributed by atoms with Crippen molar-refractivity contribution in [2.45, 2.75) is 0 Å². The average molecular weight is 249 g/mol. The van der Waals surface area contributed by atoms with Crippen molar-refractivity contribution in [1.29, 1.82) is 0 Å². The number of halogens is 1. The highest BCUT2D eigenvalue weighted by Crippen LogP contribution is 2.00. The predicted octanol–water partition coefficient (Wildman–Crippen LogP) is -1.33. The molecule has 17 heavy (non-hydrogen) atoms. The van der Waals surface area contributed by atoms with Crippen molar-refractivity contribution in [2.75, 3.05) is 0 Å². The Bertz CT molecular complexity index is 517. The van der Waals surface area contributed by atoms with Gasteiger partial charge in [-0.3, -0.25) is 0 Å². The van der Waals surface area contributed by atoms with E-state index in [9.17, 15) is 4.79 Å². The van der Waals surface area contributed by atoms with E-state index in [4.69, 9.17) is 0 Å². The number of carbonyl (C=O) groups excluding carboxylic acids is 1. The van der Waals surface area contributed by atoms with Gasteiger partial charge in [0.25, 0.3) is 6.33 Å². The molecule has 1 aromatic carbocycles. The number of imidazole rings is 1. The molecule has 0 aliphatic carbocycles. The maximum Gasteiger partial charge on any atom is 0.338 e. The molecular formula is C13H13ClN2O. The van der Waals surface area contributed by atoms with Crippen LogP contribution in [0, 0.1) is 0 Å². The minimum Gasteiger partial charge on any atom is -1.00 e. The third-order valence-electron chi connectivity index (χ3n) is 2.24. The van der Waals surface area contributed by atoms with Gasteiger partial charge < -0.3 is 12.4 Å². The largest absolute Gasteiger partial charge is 1.00 e. The van der Waals surface area contributed by atoms with Crippen LogP contribution in [0.4, 0.5) is 0 Å². The smallest absolute Gasteiger partial charge is 0.338 e. The molecule has 1 aromatic heterocycles. The molecule has 0 spiro atoms. The van der Waals surface area contributed by atoms with E-state index in [1.165, 1.54) is 0 Å². The molecule has 4 heteroatoms. The number of nitrogens with zero attached hydrogens (tertiary/aromatic N) is 2. The van der Waals surface area contributed by atoms with Gasteiger partial charge in [-0.2, -0.15) is 4.57 Å². The molecule has 0 amide bonds. The van der Waals surface area contributed by atoms with Gasteiger partial charge in [0.2, 0.25) is 0 Å². The standard InChI is InChI=1S/C13H13N2O.ClH/c1-14-9-10-15(11-14)13(16)8-7-12-5-3-2-4-6-12;/h2-11H,1H3;1H/q+1;/p-1. The summed E-state index contributed by atoms with van der Waals surface area (Å²) in [5.41, 5.74) is 1.02. The van der Waals surface area contributed by atoms with E-state index in [1.807, 2.05) is 54.2 Å². The second kappa shape index (κ2) is 6.01. The first kappa shape index (κ1) is 13.2. The highest BCUT2D eigenvalue weighted by molar-refractivity contribution is 5.84. The van der Waals surface area contributed by atoms with Crippen molar-refractivity contribution in [1.82, 2.24) is 4.57 Å². The highest BCUT2D eigenvalue weighted by atomic mass is 35.5. The lowest BCUT2D eigenvalue weighted by molar-refractivity contribution is -0.569. The second-order valence-electron chi connectivity index (χ2n) is 3.57. The van der Waals surface area contributed by atoms with Gasteiger partial charge in [-0.15, -0.1) is 0 Å². The summed E-state index contributed by atoms with van der Waals surface area (Å²) in [6.45, 7) is 0. The monoisotopic (exact) mass is 248 g/mol. The van der Waals surface area contributed by atoms with Crippen LogP contribution in [-0.4, -0.2) is 10.5 Å². The number of rotatable bonds is 2. The quantitative estimate of drug-likeness (QED) is 0.478. The van der Waals surface area contributed by atoms with Crippen LogP contribution in [-0.2, 0) is 7.05 Å². The van der Waals surface area contributed by atoms with Crippen LogP contribution in [0.3, 0.4) is 0 Å². The first-order valence-electron chi connectivity index (χ1n) is 5.06. The molecule has 0 aliphatic heterocycles. The number of allylic oxidation sites excluding steroid dienone is 1. The number of benzene rings is 1. The second-order valence-corrected chi connectivity index (χ2v) is 3.57. The average Bonchev–Trinajstić information content (AvgIpc) is 2.74. The highest BCUT2D eigenvalue weighted by Gasteiger charge is 2.06. The van der Waals surface area contributed by atoms with Gasteiger partial charge in [0, 0.05) is 6.08 Å². The maximum atomic E-state index is 11.7. The summed E-state index contributed by atoms with van der Waals surface area (Å²) in [5, 5.41) is 0. The zero-order valence-corrected chi connectivity index (χ0v) is 10.2. The summed E-state index contributed by atoms with van der Waals surface area (Å²) in [4.78, 5) is 11.7. The van der Waals surface area contributed by atoms with Crippen molar-refractivity contribution >= 4 is 12.0 Å². The van der Waals surface area contributed by atoms with Crippen LogP contribution in [0.2, 0.25) is 0 Å². The fourth-order valence-electron chi connectivity index (χ4n) is 1.40. The molecule has 0 N–H and O–H groups in total. The molecule has 0 atom stereocenters. The fraction of sp³-hybridized carbons (Fsp3) is 0.0769. The Hall–Kier alpha value is -1.87. The Morgan fingerprint density at radius 1 is 1.29 bits per heavy atom. The van der Waals surface area contributed by atoms with E-state index in [0.717, 1.165) is 5.56 Å². The minimum absolute atomic E-state index is 0. The molecule has 0 saturated heterocycles. The van der Waals surface area contributed by atoms with Crippen LogP contribution in [0.5, 0.6) is 0 Å². The van der Waals surface area contributed by atoms with Gasteiger partial charge >= 0.3 is 5.91 Å². The predicted molar refractivity (Wildman–Crippen MR) is 61.7 cm³/mol. The summed E-state index contributed by atoms with van der Waals surface area (Å²) < 4.78 is 3.37. The number of hydrogen-bond acceptors (Lipinski definition) is 1. The molecule has 88 valence electrons. The van der Waals surface area contributed by atoms with Crippen LogP contribution < -0.4 is 17.0 Å². The molecule has 0 unspecified atom stereocenters. The molecular weight excluding hydrogens is 236 g/mol. The Morgan fingerprint density at radius 3 is 2.59 bits per heavy atom. The molecule has 0 saturated carbocycles. The number of hydrogen-bond donors (Lipinski definition) is 0. The van der Waals surface area contributed by atoms with Crippen LogP contribution in [0.1, 0.15) is 10.4 Å². The van der Waals surface area contributed by atoms with Crippen molar-refractivity contribution < 1.29 is 21.8 Å². The molecule has 0 radical (unpaired) electrons. The summed E-state index contributed by atoms with van der Waals surface area (Å²) in [7, 11) is 1.88. The molecule has 0 fully saturated rings. The topological polar surface area (TPSA) is 25.9 Å². The molecule has 0 bridgehead atoms. The third kappa shape index (κ3) is 3.57. The Labute approximate surface area is 106 Å². The summed E-state index contributed by atoms with van der Waals surface area (Å²) in [6.07, 6.45) is 8.67. The Balaban J connectivity index is 0.00000144. The molecule has 1 heterocycles. The van der Waals surface area contributed by atoms with Crippen molar-refractivity contribution in [3.05, 3.63) is 60.7 Å². The van der Waals surface area contributed by atoms with Gasteiger partial charge in [-0.05, 0) is 11.6 Å². The van der Waals surface area contributed by atoms with Crippen molar-refractivity contribution in [3.8, 4) is 0 Å². The zero-order valence-electron chi connectivity index (χ0n) is 9.45. The normalized spacial score (nSPS) is 10.2. The first-order valence-corrected chi connectivity index (χ1v) is 5.06. The number of aryl methyl sites for hydroxylation is 1. The lowest BCUT2D eigenvalue weighted by Gasteiger charge is -1.90. The molecule has 2 rings (SSSR count). The van der Waals surface area contributed by atoms with Crippen molar-refractivity contribution in [3.63, 3.8) is 0 Å².